The smallest absolute Gasteiger partial charge is 0.126 e. The second kappa shape index (κ2) is 5.43. The third-order valence-electron chi connectivity index (χ3n) is 3.02. The summed E-state index contributed by atoms with van der Waals surface area (Å²) in [7, 11) is 1.65. The quantitative estimate of drug-likeness (QED) is 0.766. The average molecular weight is 288 g/mol. The van der Waals surface area contributed by atoms with E-state index in [4.69, 9.17) is 16.3 Å². The number of rotatable bonds is 4. The van der Waals surface area contributed by atoms with Gasteiger partial charge in [0.2, 0.25) is 0 Å². The van der Waals surface area contributed by atoms with E-state index in [-0.39, 0.29) is 0 Å². The fraction of sp³-hybridized carbons (Fsp3) is 0.133. The van der Waals surface area contributed by atoms with E-state index < -0.39 is 0 Å². The second-order valence-corrected chi connectivity index (χ2v) is 4.87. The number of H-pyrrole nitrogens is 1. The van der Waals surface area contributed by atoms with Crippen LogP contribution >= 0.6 is 11.6 Å². The number of nitrogens with zero attached hydrogens (tertiary/aromatic N) is 1. The zero-order chi connectivity index (χ0) is 13.9. The molecule has 1 heterocycles. The molecule has 0 aliphatic carbocycles. The first-order valence-corrected chi connectivity index (χ1v) is 6.64. The summed E-state index contributed by atoms with van der Waals surface area (Å²) in [5.41, 5.74) is 2.86. The summed E-state index contributed by atoms with van der Waals surface area (Å²) in [4.78, 5) is 7.79. The van der Waals surface area contributed by atoms with Gasteiger partial charge in [-0.05, 0) is 30.3 Å². The number of aromatic nitrogens is 2. The molecule has 0 radical (unpaired) electrons. The highest BCUT2D eigenvalue weighted by Crippen LogP contribution is 2.20. The van der Waals surface area contributed by atoms with E-state index in [0.717, 1.165) is 28.3 Å². The number of halogens is 1. The molecule has 0 spiro atoms. The predicted octanol–water partition coefficient (Wildman–Crippen LogP) is 3.84. The highest BCUT2D eigenvalue weighted by atomic mass is 35.5. The van der Waals surface area contributed by atoms with Crippen LogP contribution < -0.4 is 10.1 Å². The van der Waals surface area contributed by atoms with E-state index in [1.54, 1.807) is 7.11 Å². The molecule has 0 aliphatic heterocycles. The second-order valence-electron chi connectivity index (χ2n) is 4.43. The lowest BCUT2D eigenvalue weighted by atomic mass is 10.3. The Morgan fingerprint density at radius 2 is 2.15 bits per heavy atom. The van der Waals surface area contributed by atoms with E-state index in [2.05, 4.69) is 15.3 Å². The van der Waals surface area contributed by atoms with Crippen molar-refractivity contribution >= 4 is 28.3 Å². The van der Waals surface area contributed by atoms with E-state index in [9.17, 15) is 0 Å². The average Bonchev–Trinajstić information content (AvgIpc) is 2.87. The number of anilines is 1. The normalized spacial score (nSPS) is 10.7. The van der Waals surface area contributed by atoms with Crippen molar-refractivity contribution in [3.8, 4) is 5.75 Å². The highest BCUT2D eigenvalue weighted by molar-refractivity contribution is 6.30. The first-order valence-electron chi connectivity index (χ1n) is 6.27. The minimum atomic E-state index is 0.608. The van der Waals surface area contributed by atoms with Crippen molar-refractivity contribution in [3.63, 3.8) is 0 Å². The molecule has 3 aromatic rings. The van der Waals surface area contributed by atoms with Gasteiger partial charge in [0.1, 0.15) is 11.6 Å². The van der Waals surface area contributed by atoms with Crippen molar-refractivity contribution < 1.29 is 4.74 Å². The maximum absolute atomic E-state index is 5.95. The Bertz CT molecular complexity index is 739. The van der Waals surface area contributed by atoms with Crippen molar-refractivity contribution in [2.24, 2.45) is 0 Å². The molecule has 5 heteroatoms. The molecule has 20 heavy (non-hydrogen) atoms. The molecule has 2 aromatic carbocycles. The standard InChI is InChI=1S/C15H14ClN3O/c1-20-12-5-6-13-14(8-12)19-15(18-13)9-17-11-4-2-3-10(16)7-11/h2-8,17H,9H2,1H3,(H,18,19). The molecule has 1 aromatic heterocycles. The van der Waals surface area contributed by atoms with Crippen LogP contribution in [0.5, 0.6) is 5.75 Å². The summed E-state index contributed by atoms with van der Waals surface area (Å²) < 4.78 is 5.20. The molecule has 0 bridgehead atoms. The van der Waals surface area contributed by atoms with Crippen molar-refractivity contribution in [1.82, 2.24) is 9.97 Å². The minimum absolute atomic E-state index is 0.608. The van der Waals surface area contributed by atoms with Gasteiger partial charge in [0.25, 0.3) is 0 Å². The molecule has 0 atom stereocenters. The third-order valence-corrected chi connectivity index (χ3v) is 3.26. The minimum Gasteiger partial charge on any atom is -0.497 e. The lowest BCUT2D eigenvalue weighted by molar-refractivity contribution is 0.415. The van der Waals surface area contributed by atoms with Gasteiger partial charge >= 0.3 is 0 Å². The van der Waals surface area contributed by atoms with Crippen LogP contribution in [0.1, 0.15) is 5.82 Å². The van der Waals surface area contributed by atoms with Gasteiger partial charge in [0.05, 0.1) is 24.7 Å². The van der Waals surface area contributed by atoms with Gasteiger partial charge in [-0.1, -0.05) is 17.7 Å². The molecule has 3 rings (SSSR count). The van der Waals surface area contributed by atoms with Gasteiger partial charge < -0.3 is 15.0 Å². The molecule has 0 saturated heterocycles. The van der Waals surface area contributed by atoms with Gasteiger partial charge in [-0.2, -0.15) is 0 Å². The highest BCUT2D eigenvalue weighted by Gasteiger charge is 2.04. The number of hydrogen-bond donors (Lipinski definition) is 2. The van der Waals surface area contributed by atoms with Gasteiger partial charge in [-0.25, -0.2) is 4.98 Å². The van der Waals surface area contributed by atoms with Crippen LogP contribution in [0.25, 0.3) is 11.0 Å². The molecule has 4 nitrogen and oxygen atoms in total. The summed E-state index contributed by atoms with van der Waals surface area (Å²) in [6.07, 6.45) is 0. The Labute approximate surface area is 121 Å². The van der Waals surface area contributed by atoms with Gasteiger partial charge in [0, 0.05) is 16.8 Å². The Morgan fingerprint density at radius 1 is 1.25 bits per heavy atom. The molecule has 0 fully saturated rings. The van der Waals surface area contributed by atoms with Crippen LogP contribution in [0.15, 0.2) is 42.5 Å². The number of benzene rings is 2. The number of imidazole rings is 1. The van der Waals surface area contributed by atoms with Gasteiger partial charge in [-0.3, -0.25) is 0 Å². The zero-order valence-corrected chi connectivity index (χ0v) is 11.7. The third kappa shape index (κ3) is 2.70. The van der Waals surface area contributed by atoms with Gasteiger partial charge in [-0.15, -0.1) is 0 Å². The summed E-state index contributed by atoms with van der Waals surface area (Å²) in [6, 6.07) is 13.4. The van der Waals surface area contributed by atoms with Crippen molar-refractivity contribution in [3.05, 3.63) is 53.3 Å². The largest absolute Gasteiger partial charge is 0.497 e. The van der Waals surface area contributed by atoms with Crippen molar-refractivity contribution in [2.75, 3.05) is 12.4 Å². The molecular formula is C15H14ClN3O. The SMILES string of the molecule is COc1ccc2nc(CNc3cccc(Cl)c3)[nH]c2c1. The summed E-state index contributed by atoms with van der Waals surface area (Å²) in [5.74, 6) is 1.68. The van der Waals surface area contributed by atoms with E-state index >= 15 is 0 Å². The number of aromatic amines is 1. The monoisotopic (exact) mass is 287 g/mol. The number of hydrogen-bond acceptors (Lipinski definition) is 3. The fourth-order valence-electron chi connectivity index (χ4n) is 2.04. The lowest BCUT2D eigenvalue weighted by Gasteiger charge is -2.04. The zero-order valence-electron chi connectivity index (χ0n) is 11.0. The van der Waals surface area contributed by atoms with Gasteiger partial charge in [0.15, 0.2) is 0 Å². The maximum Gasteiger partial charge on any atom is 0.126 e. The molecule has 102 valence electrons. The van der Waals surface area contributed by atoms with Crippen LogP contribution in [0.2, 0.25) is 5.02 Å². The van der Waals surface area contributed by atoms with Crippen LogP contribution in [-0.4, -0.2) is 17.1 Å². The Balaban J connectivity index is 1.77. The van der Waals surface area contributed by atoms with E-state index in [0.29, 0.717) is 11.6 Å². The molecule has 0 saturated carbocycles. The van der Waals surface area contributed by atoms with Crippen molar-refractivity contribution in [1.29, 1.82) is 0 Å². The number of methoxy groups -OCH3 is 1. The Hall–Kier alpha value is -2.20. The number of ether oxygens (including phenoxy) is 1. The summed E-state index contributed by atoms with van der Waals surface area (Å²) >= 11 is 5.95. The molecule has 0 aliphatic rings. The number of nitrogens with one attached hydrogen (secondary N) is 2. The first kappa shape index (κ1) is 12.8. The summed E-state index contributed by atoms with van der Waals surface area (Å²) in [5, 5.41) is 3.99. The fourth-order valence-corrected chi connectivity index (χ4v) is 2.23. The molecule has 0 unspecified atom stereocenters. The number of fused-ring (bicyclic) bond motifs is 1. The van der Waals surface area contributed by atoms with Crippen molar-refractivity contribution in [2.45, 2.75) is 6.54 Å². The maximum atomic E-state index is 5.95. The molecule has 0 amide bonds. The van der Waals surface area contributed by atoms with E-state index in [1.807, 2.05) is 42.5 Å². The molecular weight excluding hydrogens is 274 g/mol. The molecule has 2 N–H and O–H groups in total. The topological polar surface area (TPSA) is 49.9 Å². The Kier molecular flexibility index (Phi) is 3.48. The van der Waals surface area contributed by atoms with Crippen LogP contribution in [0, 0.1) is 0 Å². The van der Waals surface area contributed by atoms with E-state index in [1.165, 1.54) is 0 Å². The van der Waals surface area contributed by atoms with Crippen LogP contribution in [0.4, 0.5) is 5.69 Å². The lowest BCUT2D eigenvalue weighted by Crippen LogP contribution is -2.00. The van der Waals surface area contributed by atoms with Crippen LogP contribution in [-0.2, 0) is 6.54 Å². The Morgan fingerprint density at radius 3 is 2.95 bits per heavy atom. The summed E-state index contributed by atoms with van der Waals surface area (Å²) in [6.45, 7) is 0.608. The van der Waals surface area contributed by atoms with Crippen LogP contribution in [0.3, 0.4) is 0 Å². The first-order chi connectivity index (χ1) is 9.74. The predicted molar refractivity (Wildman–Crippen MR) is 81.4 cm³/mol.